The molecule has 0 radical (unpaired) electrons. The van der Waals surface area contributed by atoms with Crippen molar-refractivity contribution in [3.63, 3.8) is 0 Å². The van der Waals surface area contributed by atoms with Gasteiger partial charge in [0.2, 0.25) is 0 Å². The highest BCUT2D eigenvalue weighted by Crippen LogP contribution is 2.28. The Bertz CT molecular complexity index is 1180. The van der Waals surface area contributed by atoms with Crippen molar-refractivity contribution in [2.75, 3.05) is 5.32 Å². The number of benzene rings is 3. The highest BCUT2D eigenvalue weighted by atomic mass is 79.9. The van der Waals surface area contributed by atoms with E-state index in [1.54, 1.807) is 6.08 Å². The first-order valence-electron chi connectivity index (χ1n) is 9.84. The van der Waals surface area contributed by atoms with Crippen LogP contribution in [0.1, 0.15) is 27.8 Å². The van der Waals surface area contributed by atoms with Gasteiger partial charge in [-0.1, -0.05) is 48.0 Å². The lowest BCUT2D eigenvalue weighted by Crippen LogP contribution is -2.14. The third-order valence-corrected chi connectivity index (χ3v) is 5.62. The Hall–Kier alpha value is -3.36. The van der Waals surface area contributed by atoms with E-state index in [0.717, 1.165) is 26.7 Å². The van der Waals surface area contributed by atoms with Gasteiger partial charge in [0.05, 0.1) is 4.47 Å². The quantitative estimate of drug-likeness (QED) is 0.327. The Balaban J connectivity index is 1.72. The molecule has 156 valence electrons. The molecule has 0 spiro atoms. The molecule has 0 saturated carbocycles. The van der Waals surface area contributed by atoms with Crippen LogP contribution in [-0.2, 0) is 11.4 Å². The molecule has 0 fully saturated rings. The molecule has 0 aromatic heterocycles. The molecule has 1 N–H and O–H groups in total. The predicted octanol–water partition coefficient (Wildman–Crippen LogP) is 6.50. The van der Waals surface area contributed by atoms with Crippen molar-refractivity contribution >= 4 is 33.6 Å². The van der Waals surface area contributed by atoms with Crippen molar-refractivity contribution < 1.29 is 9.53 Å². The van der Waals surface area contributed by atoms with Gasteiger partial charge in [-0.15, -0.1) is 0 Å². The first-order chi connectivity index (χ1) is 14.9. The summed E-state index contributed by atoms with van der Waals surface area (Å²) in [5.41, 5.74) is 5.79. The molecule has 3 rings (SSSR count). The number of nitrogens with zero attached hydrogens (tertiary/aromatic N) is 1. The van der Waals surface area contributed by atoms with E-state index >= 15 is 0 Å². The summed E-state index contributed by atoms with van der Waals surface area (Å²) < 4.78 is 6.64. The number of nitrogens with one attached hydrogen (secondary N) is 1. The molecule has 0 aliphatic rings. The van der Waals surface area contributed by atoms with Crippen molar-refractivity contribution in [3.8, 4) is 11.8 Å². The van der Waals surface area contributed by atoms with Crippen LogP contribution in [0.5, 0.6) is 5.75 Å². The molecule has 3 aromatic rings. The van der Waals surface area contributed by atoms with Crippen LogP contribution in [0.15, 0.2) is 70.7 Å². The van der Waals surface area contributed by atoms with Gasteiger partial charge < -0.3 is 10.1 Å². The second kappa shape index (κ2) is 10.1. The number of hydrogen-bond acceptors (Lipinski definition) is 3. The summed E-state index contributed by atoms with van der Waals surface area (Å²) in [6.45, 7) is 6.42. The monoisotopic (exact) mass is 474 g/mol. The number of rotatable bonds is 6. The summed E-state index contributed by atoms with van der Waals surface area (Å²) in [7, 11) is 0. The molecule has 0 aliphatic heterocycles. The van der Waals surface area contributed by atoms with Crippen LogP contribution in [0.2, 0.25) is 0 Å². The first kappa shape index (κ1) is 22.3. The number of amides is 1. The van der Waals surface area contributed by atoms with Crippen LogP contribution in [0.3, 0.4) is 0 Å². The van der Waals surface area contributed by atoms with Crippen molar-refractivity contribution in [2.24, 2.45) is 0 Å². The molecule has 0 heterocycles. The Labute approximate surface area is 191 Å². The zero-order valence-corrected chi connectivity index (χ0v) is 19.3. The second-order valence-electron chi connectivity index (χ2n) is 7.34. The van der Waals surface area contributed by atoms with E-state index < -0.39 is 5.91 Å². The van der Waals surface area contributed by atoms with E-state index in [1.807, 2.05) is 87.5 Å². The number of ether oxygens (including phenoxy) is 1. The number of hydrogen-bond donors (Lipinski definition) is 1. The van der Waals surface area contributed by atoms with Crippen LogP contribution >= 0.6 is 15.9 Å². The van der Waals surface area contributed by atoms with Crippen LogP contribution in [0.4, 0.5) is 5.69 Å². The smallest absolute Gasteiger partial charge is 0.266 e. The van der Waals surface area contributed by atoms with Crippen LogP contribution in [0.25, 0.3) is 6.08 Å². The van der Waals surface area contributed by atoms with Gasteiger partial charge in [-0.2, -0.15) is 5.26 Å². The molecule has 5 heteroatoms. The molecule has 0 unspecified atom stereocenters. The fraction of sp³-hybridized carbons (Fsp3) is 0.154. The largest absolute Gasteiger partial charge is 0.488 e. The fourth-order valence-corrected chi connectivity index (χ4v) is 3.47. The molecule has 0 bridgehead atoms. The maximum Gasteiger partial charge on any atom is 0.266 e. The average molecular weight is 475 g/mol. The maximum absolute atomic E-state index is 12.6. The van der Waals surface area contributed by atoms with Crippen molar-refractivity contribution in [1.29, 1.82) is 5.26 Å². The predicted molar refractivity (Wildman–Crippen MR) is 128 cm³/mol. The van der Waals surface area contributed by atoms with E-state index in [9.17, 15) is 10.1 Å². The standard InChI is InChI=1S/C26H23BrN2O2/c1-17-7-9-20(10-8-17)16-31-25-12-11-21(14-23(25)27)13-22(15-28)26(30)29-24-6-4-5-18(2)19(24)3/h4-14H,16H2,1-3H3,(H,29,30)/b22-13+. The number of nitriles is 1. The SMILES string of the molecule is Cc1ccc(COc2ccc(/C=C(\C#N)C(=O)Nc3cccc(C)c3C)cc2Br)cc1. The zero-order chi connectivity index (χ0) is 22.4. The van der Waals surface area contributed by atoms with Gasteiger partial charge in [0.25, 0.3) is 5.91 Å². The molecule has 3 aromatic carbocycles. The Morgan fingerprint density at radius 2 is 1.84 bits per heavy atom. The van der Waals surface area contributed by atoms with Gasteiger partial charge in [-0.05, 0) is 83.2 Å². The molecular weight excluding hydrogens is 452 g/mol. The Morgan fingerprint density at radius 1 is 1.10 bits per heavy atom. The number of carbonyl (C=O) groups is 1. The van der Waals surface area contributed by atoms with Crippen LogP contribution in [0, 0.1) is 32.1 Å². The lowest BCUT2D eigenvalue weighted by Gasteiger charge is -2.11. The molecule has 1 amide bonds. The van der Waals surface area contributed by atoms with Crippen molar-refractivity contribution in [3.05, 3.63) is 98.5 Å². The average Bonchev–Trinajstić information content (AvgIpc) is 2.75. The molecule has 0 saturated heterocycles. The summed E-state index contributed by atoms with van der Waals surface area (Å²) in [4.78, 5) is 12.6. The number of carbonyl (C=O) groups excluding carboxylic acids is 1. The van der Waals surface area contributed by atoms with Gasteiger partial charge in [0.15, 0.2) is 0 Å². The van der Waals surface area contributed by atoms with Gasteiger partial charge >= 0.3 is 0 Å². The van der Waals surface area contributed by atoms with Gasteiger partial charge in [-0.25, -0.2) is 0 Å². The summed E-state index contributed by atoms with van der Waals surface area (Å²) in [5, 5.41) is 12.3. The third kappa shape index (κ3) is 5.84. The lowest BCUT2D eigenvalue weighted by molar-refractivity contribution is -0.112. The van der Waals surface area contributed by atoms with Crippen LogP contribution < -0.4 is 10.1 Å². The fourth-order valence-electron chi connectivity index (χ4n) is 2.96. The Kier molecular flexibility index (Phi) is 7.28. The third-order valence-electron chi connectivity index (χ3n) is 5.00. The van der Waals surface area contributed by atoms with E-state index in [1.165, 1.54) is 5.56 Å². The number of halogens is 1. The molecule has 0 atom stereocenters. The normalized spacial score (nSPS) is 11.0. The summed E-state index contributed by atoms with van der Waals surface area (Å²) in [6.07, 6.45) is 1.56. The van der Waals surface area contributed by atoms with E-state index in [-0.39, 0.29) is 5.57 Å². The number of anilines is 1. The maximum atomic E-state index is 12.6. The summed E-state index contributed by atoms with van der Waals surface area (Å²) in [6, 6.07) is 21.3. The van der Waals surface area contributed by atoms with Crippen LogP contribution in [-0.4, -0.2) is 5.91 Å². The van der Waals surface area contributed by atoms with E-state index in [2.05, 4.69) is 21.2 Å². The minimum Gasteiger partial charge on any atom is -0.488 e. The lowest BCUT2D eigenvalue weighted by atomic mass is 10.1. The van der Waals surface area contributed by atoms with E-state index in [0.29, 0.717) is 18.0 Å². The topological polar surface area (TPSA) is 62.1 Å². The molecule has 4 nitrogen and oxygen atoms in total. The molecular formula is C26H23BrN2O2. The van der Waals surface area contributed by atoms with Gasteiger partial charge in [0.1, 0.15) is 24.0 Å². The van der Waals surface area contributed by atoms with Crippen molar-refractivity contribution in [1.82, 2.24) is 0 Å². The van der Waals surface area contributed by atoms with Gasteiger partial charge in [0, 0.05) is 5.69 Å². The van der Waals surface area contributed by atoms with Crippen molar-refractivity contribution in [2.45, 2.75) is 27.4 Å². The zero-order valence-electron chi connectivity index (χ0n) is 17.7. The summed E-state index contributed by atoms with van der Waals surface area (Å²) in [5.74, 6) is 0.253. The summed E-state index contributed by atoms with van der Waals surface area (Å²) >= 11 is 3.51. The second-order valence-corrected chi connectivity index (χ2v) is 8.19. The minimum absolute atomic E-state index is 0.0288. The minimum atomic E-state index is -0.438. The Morgan fingerprint density at radius 3 is 2.52 bits per heavy atom. The molecule has 31 heavy (non-hydrogen) atoms. The van der Waals surface area contributed by atoms with E-state index in [4.69, 9.17) is 4.74 Å². The number of aryl methyl sites for hydroxylation is 2. The molecule has 0 aliphatic carbocycles. The highest BCUT2D eigenvalue weighted by Gasteiger charge is 2.12. The van der Waals surface area contributed by atoms with Gasteiger partial charge in [-0.3, -0.25) is 4.79 Å². The first-order valence-corrected chi connectivity index (χ1v) is 10.6. The highest BCUT2D eigenvalue weighted by molar-refractivity contribution is 9.10.